The minimum Gasteiger partial charge on any atom is -0.377 e. The summed E-state index contributed by atoms with van der Waals surface area (Å²) in [7, 11) is 0. The molecule has 0 aliphatic rings. The zero-order chi connectivity index (χ0) is 15.1. The molecule has 4 nitrogen and oxygen atoms in total. The highest BCUT2D eigenvalue weighted by atomic mass is 35.5. The highest BCUT2D eigenvalue weighted by molar-refractivity contribution is 6.32. The van der Waals surface area contributed by atoms with Gasteiger partial charge in [-0.1, -0.05) is 53.5 Å². The van der Waals surface area contributed by atoms with Gasteiger partial charge in [0.25, 0.3) is 0 Å². The zero-order valence-corrected chi connectivity index (χ0v) is 12.7. The molecule has 0 N–H and O–H groups in total. The average Bonchev–Trinajstić information content (AvgIpc) is 2.51. The van der Waals surface area contributed by atoms with Crippen molar-refractivity contribution in [3.63, 3.8) is 0 Å². The summed E-state index contributed by atoms with van der Waals surface area (Å²) in [6.45, 7) is 1.13. The standard InChI is InChI=1S/C15H13Cl2N3O/c16-14-12(13(9-18)15(17)20-19-14)7-4-8-21-10-11-5-2-1-3-6-11/h1-3,5-6H,4,7-8,10H2. The fraction of sp³-hybridized carbons (Fsp3) is 0.267. The average molecular weight is 322 g/mol. The number of halogens is 2. The zero-order valence-electron chi connectivity index (χ0n) is 11.2. The van der Waals surface area contributed by atoms with E-state index in [0.29, 0.717) is 30.8 Å². The highest BCUT2D eigenvalue weighted by Gasteiger charge is 2.13. The van der Waals surface area contributed by atoms with E-state index in [1.54, 1.807) is 0 Å². The van der Waals surface area contributed by atoms with Crippen LogP contribution in [-0.4, -0.2) is 16.8 Å². The van der Waals surface area contributed by atoms with Crippen molar-refractivity contribution in [2.45, 2.75) is 19.4 Å². The molecule has 21 heavy (non-hydrogen) atoms. The van der Waals surface area contributed by atoms with Gasteiger partial charge in [-0.15, -0.1) is 10.2 Å². The van der Waals surface area contributed by atoms with Crippen LogP contribution in [0.2, 0.25) is 10.3 Å². The molecule has 0 fully saturated rings. The van der Waals surface area contributed by atoms with Crippen molar-refractivity contribution in [3.8, 4) is 6.07 Å². The predicted octanol–water partition coefficient (Wildman–Crippen LogP) is 3.80. The molecule has 1 heterocycles. The maximum Gasteiger partial charge on any atom is 0.169 e. The van der Waals surface area contributed by atoms with E-state index in [0.717, 1.165) is 12.0 Å². The van der Waals surface area contributed by atoms with Gasteiger partial charge in [-0.2, -0.15) is 5.26 Å². The van der Waals surface area contributed by atoms with Gasteiger partial charge < -0.3 is 4.74 Å². The van der Waals surface area contributed by atoms with Crippen LogP contribution in [0, 0.1) is 11.3 Å². The monoisotopic (exact) mass is 321 g/mol. The van der Waals surface area contributed by atoms with Crippen LogP contribution in [0.3, 0.4) is 0 Å². The number of hydrogen-bond donors (Lipinski definition) is 0. The Hall–Kier alpha value is -1.67. The first-order valence-electron chi connectivity index (χ1n) is 6.44. The maximum atomic E-state index is 9.08. The molecule has 2 aromatic rings. The quantitative estimate of drug-likeness (QED) is 0.759. The Balaban J connectivity index is 1.84. The first-order valence-corrected chi connectivity index (χ1v) is 7.20. The van der Waals surface area contributed by atoms with Crippen LogP contribution in [0.1, 0.15) is 23.1 Å². The Morgan fingerprint density at radius 2 is 1.81 bits per heavy atom. The summed E-state index contributed by atoms with van der Waals surface area (Å²) in [5.74, 6) is 0. The molecule has 0 bridgehead atoms. The van der Waals surface area contributed by atoms with Crippen LogP contribution < -0.4 is 0 Å². The van der Waals surface area contributed by atoms with Crippen LogP contribution in [0.25, 0.3) is 0 Å². The van der Waals surface area contributed by atoms with E-state index in [1.807, 2.05) is 36.4 Å². The van der Waals surface area contributed by atoms with Crippen molar-refractivity contribution < 1.29 is 4.74 Å². The van der Waals surface area contributed by atoms with E-state index in [2.05, 4.69) is 10.2 Å². The Kier molecular flexibility index (Phi) is 5.94. The number of aromatic nitrogens is 2. The molecular formula is C15H13Cl2N3O. The molecule has 108 valence electrons. The molecule has 0 saturated heterocycles. The molecule has 0 amide bonds. The van der Waals surface area contributed by atoms with Crippen molar-refractivity contribution in [3.05, 3.63) is 57.3 Å². The molecule has 0 unspecified atom stereocenters. The van der Waals surface area contributed by atoms with Crippen LogP contribution in [0.5, 0.6) is 0 Å². The predicted molar refractivity (Wildman–Crippen MR) is 81.2 cm³/mol. The molecule has 0 saturated carbocycles. The number of rotatable bonds is 6. The first kappa shape index (κ1) is 15.7. The third kappa shape index (κ3) is 4.40. The minimum absolute atomic E-state index is 0.0853. The topological polar surface area (TPSA) is 58.8 Å². The van der Waals surface area contributed by atoms with Crippen molar-refractivity contribution in [1.82, 2.24) is 10.2 Å². The van der Waals surface area contributed by atoms with Crippen LogP contribution in [-0.2, 0) is 17.8 Å². The highest BCUT2D eigenvalue weighted by Crippen LogP contribution is 2.23. The first-order chi connectivity index (χ1) is 10.2. The lowest BCUT2D eigenvalue weighted by Crippen LogP contribution is -2.02. The Bertz CT molecular complexity index is 641. The molecule has 0 aliphatic carbocycles. The summed E-state index contributed by atoms with van der Waals surface area (Å²) in [6.07, 6.45) is 1.30. The van der Waals surface area contributed by atoms with Crippen molar-refractivity contribution in [2.24, 2.45) is 0 Å². The van der Waals surface area contributed by atoms with E-state index in [9.17, 15) is 0 Å². The SMILES string of the molecule is N#Cc1c(Cl)nnc(Cl)c1CCCOCc1ccccc1. The van der Waals surface area contributed by atoms with Crippen molar-refractivity contribution in [2.75, 3.05) is 6.61 Å². The second-order valence-corrected chi connectivity index (χ2v) is 5.10. The normalized spacial score (nSPS) is 10.3. The Labute approximate surface area is 133 Å². The van der Waals surface area contributed by atoms with E-state index >= 15 is 0 Å². The lowest BCUT2D eigenvalue weighted by atomic mass is 10.1. The van der Waals surface area contributed by atoms with Crippen molar-refractivity contribution >= 4 is 23.2 Å². The molecule has 6 heteroatoms. The van der Waals surface area contributed by atoms with E-state index < -0.39 is 0 Å². The van der Waals surface area contributed by atoms with E-state index in [1.165, 1.54) is 0 Å². The summed E-state index contributed by atoms with van der Waals surface area (Å²) in [5, 5.41) is 16.7. The Morgan fingerprint density at radius 3 is 2.52 bits per heavy atom. The minimum atomic E-state index is 0.0853. The molecule has 0 spiro atoms. The number of benzene rings is 1. The third-order valence-corrected chi connectivity index (χ3v) is 3.49. The summed E-state index contributed by atoms with van der Waals surface area (Å²) in [6, 6.07) is 12.0. The van der Waals surface area contributed by atoms with Crippen LogP contribution in [0.4, 0.5) is 0 Å². The van der Waals surface area contributed by atoms with E-state index in [-0.39, 0.29) is 10.3 Å². The number of nitrogens with zero attached hydrogens (tertiary/aromatic N) is 3. The van der Waals surface area contributed by atoms with E-state index in [4.69, 9.17) is 33.2 Å². The van der Waals surface area contributed by atoms with Gasteiger partial charge in [-0.05, 0) is 18.4 Å². The van der Waals surface area contributed by atoms with Gasteiger partial charge in [0.05, 0.1) is 12.2 Å². The maximum absolute atomic E-state index is 9.08. The second-order valence-electron chi connectivity index (χ2n) is 4.39. The molecule has 0 atom stereocenters. The second kappa shape index (κ2) is 7.94. The van der Waals surface area contributed by atoms with Gasteiger partial charge in [0.2, 0.25) is 0 Å². The van der Waals surface area contributed by atoms with Gasteiger partial charge in [0.15, 0.2) is 10.3 Å². The summed E-state index contributed by atoms with van der Waals surface area (Å²) < 4.78 is 5.59. The molecule has 0 aliphatic heterocycles. The third-order valence-electron chi connectivity index (χ3n) is 2.92. The van der Waals surface area contributed by atoms with Crippen LogP contribution >= 0.6 is 23.2 Å². The van der Waals surface area contributed by atoms with Crippen LogP contribution in [0.15, 0.2) is 30.3 Å². The largest absolute Gasteiger partial charge is 0.377 e. The van der Waals surface area contributed by atoms with Gasteiger partial charge >= 0.3 is 0 Å². The molecule has 1 aromatic carbocycles. The van der Waals surface area contributed by atoms with Gasteiger partial charge in [-0.3, -0.25) is 0 Å². The summed E-state index contributed by atoms with van der Waals surface area (Å²) in [5.41, 5.74) is 2.05. The van der Waals surface area contributed by atoms with Gasteiger partial charge in [0, 0.05) is 12.2 Å². The lowest BCUT2D eigenvalue weighted by molar-refractivity contribution is 0.118. The molecule has 1 aromatic heterocycles. The molecule has 2 rings (SSSR count). The van der Waals surface area contributed by atoms with Gasteiger partial charge in [-0.25, -0.2) is 0 Å². The lowest BCUT2D eigenvalue weighted by Gasteiger charge is -2.07. The number of hydrogen-bond acceptors (Lipinski definition) is 4. The number of ether oxygens (including phenoxy) is 1. The fourth-order valence-corrected chi connectivity index (χ4v) is 2.30. The smallest absolute Gasteiger partial charge is 0.169 e. The molecule has 0 radical (unpaired) electrons. The van der Waals surface area contributed by atoms with Gasteiger partial charge in [0.1, 0.15) is 6.07 Å². The fourth-order valence-electron chi connectivity index (χ4n) is 1.88. The summed E-state index contributed by atoms with van der Waals surface area (Å²) in [4.78, 5) is 0. The van der Waals surface area contributed by atoms with Crippen molar-refractivity contribution in [1.29, 1.82) is 5.26 Å². The molecular weight excluding hydrogens is 309 g/mol. The summed E-state index contributed by atoms with van der Waals surface area (Å²) >= 11 is 11.8. The Morgan fingerprint density at radius 1 is 1.10 bits per heavy atom. The number of nitriles is 1.